The van der Waals surface area contributed by atoms with Gasteiger partial charge in [0.25, 0.3) is 0 Å². The molecule has 0 fully saturated rings. The van der Waals surface area contributed by atoms with E-state index in [2.05, 4.69) is 50.4 Å². The Kier molecular flexibility index (Phi) is 5.79. The summed E-state index contributed by atoms with van der Waals surface area (Å²) < 4.78 is 10.4. The van der Waals surface area contributed by atoms with E-state index in [1.165, 1.54) is 5.56 Å². The average molecular weight is 251 g/mol. The zero-order valence-electron chi connectivity index (χ0n) is 12.1. The van der Waals surface area contributed by atoms with Crippen LogP contribution >= 0.6 is 0 Å². The van der Waals surface area contributed by atoms with E-state index in [-0.39, 0.29) is 17.7 Å². The van der Waals surface area contributed by atoms with Crippen LogP contribution in [0.5, 0.6) is 0 Å². The van der Waals surface area contributed by atoms with E-state index in [1.807, 2.05) is 6.07 Å². The summed E-state index contributed by atoms with van der Waals surface area (Å²) in [5.41, 5.74) is 1.42. The van der Waals surface area contributed by atoms with Gasteiger partial charge in [0.1, 0.15) is 0 Å². The highest BCUT2D eigenvalue weighted by atomic mass is 16.7. The van der Waals surface area contributed by atoms with E-state index in [0.29, 0.717) is 6.54 Å². The Morgan fingerprint density at radius 1 is 1.06 bits per heavy atom. The van der Waals surface area contributed by atoms with Crippen LogP contribution in [0.25, 0.3) is 0 Å². The fourth-order valence-corrected chi connectivity index (χ4v) is 2.05. The molecule has 0 aromatic heterocycles. The highest BCUT2D eigenvalue weighted by Crippen LogP contribution is 2.32. The van der Waals surface area contributed by atoms with Crippen molar-refractivity contribution in [2.24, 2.45) is 5.41 Å². The lowest BCUT2D eigenvalue weighted by molar-refractivity contribution is -0.101. The van der Waals surface area contributed by atoms with Crippen molar-refractivity contribution in [1.82, 2.24) is 5.32 Å². The largest absolute Gasteiger partial charge is 0.355 e. The van der Waals surface area contributed by atoms with Crippen LogP contribution in [-0.2, 0) is 9.47 Å². The van der Waals surface area contributed by atoms with E-state index in [1.54, 1.807) is 14.2 Å². The topological polar surface area (TPSA) is 30.5 Å². The Bertz CT molecular complexity index is 328. The second kappa shape index (κ2) is 6.88. The van der Waals surface area contributed by atoms with E-state index in [4.69, 9.17) is 9.47 Å². The van der Waals surface area contributed by atoms with Crippen molar-refractivity contribution in [2.75, 3.05) is 20.8 Å². The molecule has 1 unspecified atom stereocenters. The lowest BCUT2D eigenvalue weighted by Gasteiger charge is -2.33. The van der Waals surface area contributed by atoms with Gasteiger partial charge >= 0.3 is 0 Å². The molecule has 1 atom stereocenters. The van der Waals surface area contributed by atoms with Crippen LogP contribution in [0.2, 0.25) is 0 Å². The smallest absolute Gasteiger partial charge is 0.169 e. The molecule has 3 heteroatoms. The van der Waals surface area contributed by atoms with Gasteiger partial charge in [0.05, 0.1) is 0 Å². The molecule has 1 N–H and O–H groups in total. The Morgan fingerprint density at radius 3 is 2.06 bits per heavy atom. The summed E-state index contributed by atoms with van der Waals surface area (Å²) in [5.74, 6) is 0. The van der Waals surface area contributed by atoms with E-state index >= 15 is 0 Å². The van der Waals surface area contributed by atoms with Gasteiger partial charge in [0.2, 0.25) is 0 Å². The minimum atomic E-state index is -0.210. The Hall–Kier alpha value is -0.900. The lowest BCUT2D eigenvalue weighted by Crippen LogP contribution is -2.38. The number of methoxy groups -OCH3 is 2. The first-order chi connectivity index (χ1) is 8.49. The molecule has 0 saturated carbocycles. The third-order valence-corrected chi connectivity index (χ3v) is 3.01. The maximum absolute atomic E-state index is 5.21. The number of hydrogen-bond donors (Lipinski definition) is 1. The zero-order chi connectivity index (χ0) is 13.6. The van der Waals surface area contributed by atoms with Crippen molar-refractivity contribution in [3.05, 3.63) is 35.9 Å². The molecule has 0 bridgehead atoms. The monoisotopic (exact) mass is 251 g/mol. The summed E-state index contributed by atoms with van der Waals surface area (Å²) >= 11 is 0. The maximum Gasteiger partial charge on any atom is 0.169 e. The maximum atomic E-state index is 5.21. The highest BCUT2D eigenvalue weighted by Gasteiger charge is 2.26. The molecule has 3 nitrogen and oxygen atoms in total. The number of hydrogen-bond acceptors (Lipinski definition) is 3. The Labute approximate surface area is 110 Å². The number of benzene rings is 1. The van der Waals surface area contributed by atoms with Crippen molar-refractivity contribution in [1.29, 1.82) is 0 Å². The fourth-order valence-electron chi connectivity index (χ4n) is 2.05. The summed E-state index contributed by atoms with van der Waals surface area (Å²) in [7, 11) is 3.31. The van der Waals surface area contributed by atoms with Gasteiger partial charge in [-0.3, -0.25) is 0 Å². The first-order valence-electron chi connectivity index (χ1n) is 6.33. The van der Waals surface area contributed by atoms with E-state index in [9.17, 15) is 0 Å². The normalized spacial score (nSPS) is 13.9. The number of ether oxygens (including phenoxy) is 2. The van der Waals surface area contributed by atoms with Crippen molar-refractivity contribution in [3.8, 4) is 0 Å². The summed E-state index contributed by atoms with van der Waals surface area (Å²) in [4.78, 5) is 0. The molecule has 0 aliphatic rings. The molecule has 0 heterocycles. The Balaban J connectivity index is 2.75. The molecule has 0 radical (unpaired) electrons. The van der Waals surface area contributed by atoms with Gasteiger partial charge < -0.3 is 14.8 Å². The minimum absolute atomic E-state index is 0.132. The van der Waals surface area contributed by atoms with Gasteiger partial charge in [-0.25, -0.2) is 0 Å². The first kappa shape index (κ1) is 15.2. The summed E-state index contributed by atoms with van der Waals surface area (Å²) in [6, 6.07) is 10.7. The van der Waals surface area contributed by atoms with Crippen LogP contribution in [0, 0.1) is 5.41 Å². The molecule has 1 aromatic carbocycles. The predicted octanol–water partition coefficient (Wildman–Crippen LogP) is 2.98. The number of rotatable bonds is 6. The second-order valence-electron chi connectivity index (χ2n) is 5.52. The lowest BCUT2D eigenvalue weighted by atomic mass is 9.82. The third-order valence-electron chi connectivity index (χ3n) is 3.01. The van der Waals surface area contributed by atoms with Crippen molar-refractivity contribution < 1.29 is 9.47 Å². The summed E-state index contributed by atoms with van der Waals surface area (Å²) in [6.45, 7) is 7.36. The van der Waals surface area contributed by atoms with Crippen molar-refractivity contribution >= 4 is 0 Å². The van der Waals surface area contributed by atoms with Gasteiger partial charge in [-0.15, -0.1) is 0 Å². The van der Waals surface area contributed by atoms with Crippen LogP contribution in [-0.4, -0.2) is 27.1 Å². The molecular weight excluding hydrogens is 226 g/mol. The molecular formula is C15H25NO2. The van der Waals surface area contributed by atoms with Crippen LogP contribution in [0.4, 0.5) is 0 Å². The van der Waals surface area contributed by atoms with Crippen LogP contribution < -0.4 is 5.32 Å². The predicted molar refractivity (Wildman–Crippen MR) is 74.4 cm³/mol. The van der Waals surface area contributed by atoms with Crippen LogP contribution in [0.3, 0.4) is 0 Å². The van der Waals surface area contributed by atoms with Crippen molar-refractivity contribution in [3.63, 3.8) is 0 Å². The zero-order valence-corrected chi connectivity index (χ0v) is 12.1. The average Bonchev–Trinajstić information content (AvgIpc) is 2.34. The number of nitrogens with one attached hydrogen (secondary N) is 1. The summed E-state index contributed by atoms with van der Waals surface area (Å²) in [6.07, 6.45) is -0.210. The molecule has 1 rings (SSSR count). The van der Waals surface area contributed by atoms with Gasteiger partial charge in [-0.05, 0) is 11.0 Å². The van der Waals surface area contributed by atoms with E-state index < -0.39 is 0 Å². The standard InChI is InChI=1S/C15H25NO2/c1-15(2,3)14(12-9-7-6-8-10-12)16-11-13(17-4)18-5/h6-10,13-14,16H,11H2,1-5H3. The van der Waals surface area contributed by atoms with Crippen molar-refractivity contribution in [2.45, 2.75) is 33.1 Å². The molecule has 0 saturated heterocycles. The van der Waals surface area contributed by atoms with Gasteiger partial charge in [0, 0.05) is 26.8 Å². The highest BCUT2D eigenvalue weighted by molar-refractivity contribution is 5.20. The second-order valence-corrected chi connectivity index (χ2v) is 5.52. The molecule has 18 heavy (non-hydrogen) atoms. The molecule has 102 valence electrons. The minimum Gasteiger partial charge on any atom is -0.355 e. The quantitative estimate of drug-likeness (QED) is 0.788. The third kappa shape index (κ3) is 4.41. The van der Waals surface area contributed by atoms with E-state index in [0.717, 1.165) is 0 Å². The summed E-state index contributed by atoms with van der Waals surface area (Å²) in [5, 5.41) is 3.53. The van der Waals surface area contributed by atoms with Crippen LogP contribution in [0.15, 0.2) is 30.3 Å². The van der Waals surface area contributed by atoms with Gasteiger partial charge in [-0.1, -0.05) is 51.1 Å². The molecule has 0 aliphatic heterocycles. The molecule has 0 aliphatic carbocycles. The van der Waals surface area contributed by atoms with Gasteiger partial charge in [0.15, 0.2) is 6.29 Å². The fraction of sp³-hybridized carbons (Fsp3) is 0.600. The molecule has 1 aromatic rings. The molecule has 0 amide bonds. The van der Waals surface area contributed by atoms with Gasteiger partial charge in [-0.2, -0.15) is 0 Å². The SMILES string of the molecule is COC(CNC(c1ccccc1)C(C)(C)C)OC. The Morgan fingerprint density at radius 2 is 1.61 bits per heavy atom. The first-order valence-corrected chi connectivity index (χ1v) is 6.33. The molecule has 0 spiro atoms. The van der Waals surface area contributed by atoms with Crippen LogP contribution in [0.1, 0.15) is 32.4 Å².